The van der Waals surface area contributed by atoms with Crippen LogP contribution in [0.1, 0.15) is 27.8 Å². The summed E-state index contributed by atoms with van der Waals surface area (Å²) in [6.45, 7) is 0.222. The van der Waals surface area contributed by atoms with Gasteiger partial charge in [-0.15, -0.1) is 0 Å². The van der Waals surface area contributed by atoms with Crippen molar-refractivity contribution in [1.29, 1.82) is 0 Å². The molecule has 0 saturated heterocycles. The zero-order valence-corrected chi connectivity index (χ0v) is 25.3. The Bertz CT molecular complexity index is 1830. The number of aryl methyl sites for hydroxylation is 1. The van der Waals surface area contributed by atoms with Crippen molar-refractivity contribution in [2.45, 2.75) is 36.6 Å². The van der Waals surface area contributed by atoms with Crippen LogP contribution in [0.25, 0.3) is 11.1 Å². The maximum absolute atomic E-state index is 13.4. The Balaban J connectivity index is 1.30. The number of hydrogen-bond acceptors (Lipinski definition) is 5. The predicted octanol–water partition coefficient (Wildman–Crippen LogP) is 6.34. The lowest BCUT2D eigenvalue weighted by atomic mass is 10.0. The summed E-state index contributed by atoms with van der Waals surface area (Å²) >= 11 is 1.28. The third-order valence-corrected chi connectivity index (χ3v) is 8.18. The van der Waals surface area contributed by atoms with Crippen LogP contribution in [0.2, 0.25) is 0 Å². The highest BCUT2D eigenvalue weighted by Gasteiger charge is 2.30. The third kappa shape index (κ3) is 8.27. The smallest absolute Gasteiger partial charge is 0.340 e. The fraction of sp³-hybridized carbons (Fsp3) is 0.212. The van der Waals surface area contributed by atoms with Gasteiger partial charge in [0.05, 0.1) is 11.8 Å². The van der Waals surface area contributed by atoms with Crippen LogP contribution in [0, 0.1) is 5.82 Å². The van der Waals surface area contributed by atoms with E-state index in [1.165, 1.54) is 36.0 Å². The summed E-state index contributed by atoms with van der Waals surface area (Å²) < 4.78 is 55.4. The van der Waals surface area contributed by atoms with Crippen molar-refractivity contribution in [3.8, 4) is 11.1 Å². The lowest BCUT2D eigenvalue weighted by Crippen LogP contribution is -2.31. The van der Waals surface area contributed by atoms with Crippen LogP contribution in [0.4, 0.5) is 17.6 Å². The number of alkyl halides is 3. The molecule has 0 atom stereocenters. The number of hydrogen-bond donors (Lipinski definition) is 0. The minimum Gasteiger partial charge on any atom is -0.340 e. The van der Waals surface area contributed by atoms with E-state index < -0.39 is 17.3 Å². The van der Waals surface area contributed by atoms with Gasteiger partial charge in [-0.2, -0.15) is 23.3 Å². The Kier molecular flexibility index (Phi) is 9.52. The highest BCUT2D eigenvalue weighted by molar-refractivity contribution is 7.98. The lowest BCUT2D eigenvalue weighted by molar-refractivity contribution is -0.137. The first-order valence-electron chi connectivity index (χ1n) is 13.9. The summed E-state index contributed by atoms with van der Waals surface area (Å²) in [6.07, 6.45) is 1.04. The minimum absolute atomic E-state index is 0.0702. The maximum atomic E-state index is 13.4. The van der Waals surface area contributed by atoms with Crippen LogP contribution in [0.15, 0.2) is 101 Å². The van der Waals surface area contributed by atoms with E-state index in [9.17, 15) is 27.2 Å². The van der Waals surface area contributed by atoms with Gasteiger partial charge in [0.15, 0.2) is 5.16 Å². The summed E-state index contributed by atoms with van der Waals surface area (Å²) in [5.41, 5.74) is 3.23. The fourth-order valence-corrected chi connectivity index (χ4v) is 5.58. The third-order valence-electron chi connectivity index (χ3n) is 7.11. The van der Waals surface area contributed by atoms with Crippen molar-refractivity contribution in [3.63, 3.8) is 0 Å². The number of carbonyl (C=O) groups excluding carboxylic acids is 1. The summed E-state index contributed by atoms with van der Waals surface area (Å²) in [7, 11) is 3.45. The van der Waals surface area contributed by atoms with Gasteiger partial charge >= 0.3 is 6.18 Å². The van der Waals surface area contributed by atoms with Gasteiger partial charge < -0.3 is 9.47 Å². The van der Waals surface area contributed by atoms with Crippen molar-refractivity contribution in [3.05, 3.63) is 135 Å². The van der Waals surface area contributed by atoms with Crippen LogP contribution in [-0.4, -0.2) is 37.2 Å². The van der Waals surface area contributed by atoms with E-state index in [0.29, 0.717) is 35.0 Å². The Labute approximate surface area is 261 Å². The number of benzene rings is 3. The Hall–Kier alpha value is -4.71. The van der Waals surface area contributed by atoms with Crippen LogP contribution in [0.3, 0.4) is 0 Å². The zero-order chi connectivity index (χ0) is 32.1. The molecule has 0 saturated carbocycles. The lowest BCUT2D eigenvalue weighted by Gasteiger charge is -2.20. The molecule has 0 N–H and O–H groups in total. The predicted molar refractivity (Wildman–Crippen MR) is 164 cm³/mol. The Morgan fingerprint density at radius 1 is 0.889 bits per heavy atom. The van der Waals surface area contributed by atoms with E-state index in [2.05, 4.69) is 10.1 Å². The van der Waals surface area contributed by atoms with Gasteiger partial charge in [0, 0.05) is 50.8 Å². The second kappa shape index (κ2) is 13.5. The first-order chi connectivity index (χ1) is 21.4. The SMILES string of the molecule is CN(Cc1ccc(-c2ccc(C(F)(F)F)cc2)cc1)C(=O)Cn1cc(Cc2cnn(C)c2)c(=O)nc1SCc1ccc(F)cc1. The van der Waals surface area contributed by atoms with E-state index in [-0.39, 0.29) is 18.3 Å². The normalized spacial score (nSPS) is 11.5. The summed E-state index contributed by atoms with van der Waals surface area (Å²) in [5, 5.41) is 4.52. The number of thioether (sulfide) groups is 1. The number of nitrogens with zero attached hydrogens (tertiary/aromatic N) is 5. The van der Waals surface area contributed by atoms with Gasteiger partial charge in [-0.1, -0.05) is 60.3 Å². The monoisotopic (exact) mass is 635 g/mol. The molecule has 0 radical (unpaired) electrons. The molecule has 12 heteroatoms. The van der Waals surface area contributed by atoms with Crippen molar-refractivity contribution in [1.82, 2.24) is 24.2 Å². The molecule has 2 heterocycles. The van der Waals surface area contributed by atoms with Gasteiger partial charge in [0.25, 0.3) is 5.56 Å². The van der Waals surface area contributed by atoms with E-state index in [1.54, 1.807) is 64.9 Å². The standard InChI is InChI=1S/C33H29F4N5O2S/c1-40(17-22-3-7-25(8-4-22)26-9-11-28(12-10-26)33(35,36)37)30(43)20-42-19-27(15-24-16-38-41(2)18-24)31(44)39-32(42)45-21-23-5-13-29(34)14-6-23/h3-14,16,18-19H,15,17,20-21H2,1-2H3. The summed E-state index contributed by atoms with van der Waals surface area (Å²) in [5.74, 6) is -0.145. The number of aromatic nitrogens is 4. The van der Waals surface area contributed by atoms with E-state index in [1.807, 2.05) is 18.3 Å². The molecule has 232 valence electrons. The molecule has 5 rings (SSSR count). The average Bonchev–Trinajstić information content (AvgIpc) is 3.43. The van der Waals surface area contributed by atoms with E-state index >= 15 is 0 Å². The highest BCUT2D eigenvalue weighted by Crippen LogP contribution is 2.31. The first kappa shape index (κ1) is 31.7. The average molecular weight is 636 g/mol. The van der Waals surface area contributed by atoms with Gasteiger partial charge in [-0.05, 0) is 52.1 Å². The van der Waals surface area contributed by atoms with Gasteiger partial charge in [0.2, 0.25) is 5.91 Å². The van der Waals surface area contributed by atoms with Crippen LogP contribution < -0.4 is 5.56 Å². The van der Waals surface area contributed by atoms with Crippen molar-refractivity contribution >= 4 is 17.7 Å². The van der Waals surface area contributed by atoms with Crippen molar-refractivity contribution in [2.75, 3.05) is 7.05 Å². The molecule has 0 spiro atoms. The quantitative estimate of drug-likeness (QED) is 0.102. The molecule has 2 aromatic heterocycles. The Morgan fingerprint density at radius 2 is 1.51 bits per heavy atom. The molecule has 45 heavy (non-hydrogen) atoms. The van der Waals surface area contributed by atoms with Crippen LogP contribution >= 0.6 is 11.8 Å². The molecule has 0 aliphatic heterocycles. The van der Waals surface area contributed by atoms with Crippen molar-refractivity contribution in [2.24, 2.45) is 7.05 Å². The molecule has 7 nitrogen and oxygen atoms in total. The van der Waals surface area contributed by atoms with Crippen LogP contribution in [-0.2, 0) is 43.3 Å². The largest absolute Gasteiger partial charge is 0.416 e. The molecule has 3 aromatic carbocycles. The summed E-state index contributed by atoms with van der Waals surface area (Å²) in [6, 6.07) is 18.3. The zero-order valence-electron chi connectivity index (χ0n) is 24.5. The fourth-order valence-electron chi connectivity index (χ4n) is 4.67. The van der Waals surface area contributed by atoms with Crippen LogP contribution in [0.5, 0.6) is 0 Å². The molecule has 0 aliphatic carbocycles. The molecule has 0 aliphatic rings. The summed E-state index contributed by atoms with van der Waals surface area (Å²) in [4.78, 5) is 32.2. The molecule has 0 unspecified atom stereocenters. The molecule has 0 fully saturated rings. The van der Waals surface area contributed by atoms with E-state index in [0.717, 1.165) is 34.4 Å². The Morgan fingerprint density at radius 3 is 2.11 bits per heavy atom. The number of rotatable bonds is 10. The van der Waals surface area contributed by atoms with Gasteiger partial charge in [-0.3, -0.25) is 14.3 Å². The first-order valence-corrected chi connectivity index (χ1v) is 14.9. The molecular weight excluding hydrogens is 606 g/mol. The maximum Gasteiger partial charge on any atom is 0.416 e. The molecule has 5 aromatic rings. The molecule has 0 bridgehead atoms. The molecular formula is C33H29F4N5O2S. The minimum atomic E-state index is -4.39. The highest BCUT2D eigenvalue weighted by atomic mass is 32.2. The van der Waals surface area contributed by atoms with Crippen molar-refractivity contribution < 1.29 is 22.4 Å². The number of amides is 1. The second-order valence-corrected chi connectivity index (χ2v) is 11.6. The topological polar surface area (TPSA) is 73.0 Å². The van der Waals surface area contributed by atoms with Gasteiger partial charge in [0.1, 0.15) is 12.4 Å². The number of halogens is 4. The number of carbonyl (C=O) groups is 1. The number of likely N-dealkylation sites (N-methyl/N-ethyl adjacent to an activating group) is 1. The van der Waals surface area contributed by atoms with Gasteiger partial charge in [-0.25, -0.2) is 4.39 Å². The molecule has 1 amide bonds. The van der Waals surface area contributed by atoms with E-state index in [4.69, 9.17) is 0 Å². The second-order valence-electron chi connectivity index (χ2n) is 10.6.